The molecule has 2 atom stereocenters. The van der Waals surface area contributed by atoms with Gasteiger partial charge in [0.2, 0.25) is 0 Å². The van der Waals surface area contributed by atoms with Crippen LogP contribution in [0.5, 0.6) is 0 Å². The van der Waals surface area contributed by atoms with Crippen molar-refractivity contribution in [2.75, 3.05) is 13.2 Å². The molecule has 0 saturated carbocycles. The molecular weight excluding hydrogens is 256 g/mol. The van der Waals surface area contributed by atoms with Crippen LogP contribution < -0.4 is 0 Å². The first-order valence-electron chi connectivity index (χ1n) is 7.54. The third kappa shape index (κ3) is 5.35. The summed E-state index contributed by atoms with van der Waals surface area (Å²) in [5.41, 5.74) is 0. The first-order valence-corrected chi connectivity index (χ1v) is 7.54. The molecule has 0 aromatic heterocycles. The van der Waals surface area contributed by atoms with Crippen LogP contribution in [0.15, 0.2) is 12.2 Å². The fourth-order valence-corrected chi connectivity index (χ4v) is 2.36. The summed E-state index contributed by atoms with van der Waals surface area (Å²) in [6.07, 6.45) is 6.91. The van der Waals surface area contributed by atoms with Crippen LogP contribution in [0, 0.1) is 17.8 Å². The molecule has 0 spiro atoms. The van der Waals surface area contributed by atoms with Gasteiger partial charge in [0.25, 0.3) is 0 Å². The second-order valence-electron chi connectivity index (χ2n) is 5.61. The normalized spacial score (nSPS) is 21.8. The van der Waals surface area contributed by atoms with Crippen molar-refractivity contribution in [2.24, 2.45) is 17.8 Å². The summed E-state index contributed by atoms with van der Waals surface area (Å²) in [4.78, 5) is 24.0. The second kappa shape index (κ2) is 8.77. The summed E-state index contributed by atoms with van der Waals surface area (Å²) in [6, 6.07) is 0. The molecule has 0 heterocycles. The Morgan fingerprint density at radius 2 is 1.65 bits per heavy atom. The molecule has 0 bridgehead atoms. The Hall–Kier alpha value is -1.32. The maximum absolute atomic E-state index is 12.1. The van der Waals surface area contributed by atoms with Crippen LogP contribution in [0.1, 0.15) is 46.5 Å². The average Bonchev–Trinajstić information content (AvgIpc) is 2.43. The SMILES string of the molecule is CCOC(=O)C1CC=CCC1C(=O)OCCCC(C)C. The first-order chi connectivity index (χ1) is 9.56. The molecule has 20 heavy (non-hydrogen) atoms. The van der Waals surface area contributed by atoms with E-state index in [9.17, 15) is 9.59 Å². The lowest BCUT2D eigenvalue weighted by Crippen LogP contribution is -2.33. The molecule has 114 valence electrons. The maximum atomic E-state index is 12.1. The molecule has 0 saturated heterocycles. The van der Waals surface area contributed by atoms with Gasteiger partial charge in [0.1, 0.15) is 0 Å². The van der Waals surface area contributed by atoms with Gasteiger partial charge in [-0.3, -0.25) is 9.59 Å². The Kier molecular flexibility index (Phi) is 7.34. The van der Waals surface area contributed by atoms with Crippen LogP contribution in [-0.4, -0.2) is 25.2 Å². The van der Waals surface area contributed by atoms with E-state index in [4.69, 9.17) is 9.47 Å². The molecule has 4 heteroatoms. The second-order valence-corrected chi connectivity index (χ2v) is 5.61. The minimum atomic E-state index is -0.391. The quantitative estimate of drug-likeness (QED) is 0.409. The molecule has 0 aromatic carbocycles. The largest absolute Gasteiger partial charge is 0.466 e. The highest BCUT2D eigenvalue weighted by atomic mass is 16.5. The van der Waals surface area contributed by atoms with Crippen LogP contribution >= 0.6 is 0 Å². The van der Waals surface area contributed by atoms with Gasteiger partial charge >= 0.3 is 11.9 Å². The third-order valence-corrected chi connectivity index (χ3v) is 3.49. The van der Waals surface area contributed by atoms with Gasteiger partial charge in [0.15, 0.2) is 0 Å². The number of hydrogen-bond acceptors (Lipinski definition) is 4. The molecule has 4 nitrogen and oxygen atoms in total. The summed E-state index contributed by atoms with van der Waals surface area (Å²) < 4.78 is 10.3. The number of carbonyl (C=O) groups excluding carboxylic acids is 2. The van der Waals surface area contributed by atoms with Gasteiger partial charge < -0.3 is 9.47 Å². The maximum Gasteiger partial charge on any atom is 0.310 e. The minimum absolute atomic E-state index is 0.267. The summed E-state index contributed by atoms with van der Waals surface area (Å²) in [5.74, 6) is -0.730. The fourth-order valence-electron chi connectivity index (χ4n) is 2.36. The van der Waals surface area contributed by atoms with Gasteiger partial charge in [-0.25, -0.2) is 0 Å². The lowest BCUT2D eigenvalue weighted by atomic mass is 9.83. The Bertz CT molecular complexity index is 346. The van der Waals surface area contributed by atoms with Crippen molar-refractivity contribution in [1.82, 2.24) is 0 Å². The molecule has 0 radical (unpaired) electrons. The van der Waals surface area contributed by atoms with E-state index in [1.54, 1.807) is 6.92 Å². The average molecular weight is 282 g/mol. The predicted octanol–water partition coefficient (Wildman–Crippen LogP) is 3.11. The van der Waals surface area contributed by atoms with Crippen molar-refractivity contribution in [3.63, 3.8) is 0 Å². The van der Waals surface area contributed by atoms with Crippen molar-refractivity contribution in [3.05, 3.63) is 12.2 Å². The lowest BCUT2D eigenvalue weighted by molar-refractivity contribution is -0.160. The van der Waals surface area contributed by atoms with E-state index in [-0.39, 0.29) is 11.9 Å². The topological polar surface area (TPSA) is 52.6 Å². The molecular formula is C16H26O4. The molecule has 0 fully saturated rings. The van der Waals surface area contributed by atoms with Crippen molar-refractivity contribution < 1.29 is 19.1 Å². The number of hydrogen-bond donors (Lipinski definition) is 0. The number of esters is 2. The van der Waals surface area contributed by atoms with Crippen LogP contribution in [-0.2, 0) is 19.1 Å². The van der Waals surface area contributed by atoms with Crippen molar-refractivity contribution in [1.29, 1.82) is 0 Å². The highest BCUT2D eigenvalue weighted by Crippen LogP contribution is 2.28. The van der Waals surface area contributed by atoms with Gasteiger partial charge in [0, 0.05) is 0 Å². The van der Waals surface area contributed by atoms with E-state index in [1.165, 1.54) is 0 Å². The Morgan fingerprint density at radius 3 is 2.15 bits per heavy atom. The molecule has 1 rings (SSSR count). The van der Waals surface area contributed by atoms with Gasteiger partial charge in [-0.15, -0.1) is 0 Å². The van der Waals surface area contributed by atoms with Crippen LogP contribution in [0.4, 0.5) is 0 Å². The standard InChI is InChI=1S/C16H26O4/c1-4-19-15(17)13-9-5-6-10-14(13)16(18)20-11-7-8-12(2)3/h5-6,12-14H,4,7-11H2,1-3H3. The van der Waals surface area contributed by atoms with Crippen LogP contribution in [0.25, 0.3) is 0 Å². The van der Waals surface area contributed by atoms with Crippen molar-refractivity contribution in [2.45, 2.75) is 46.5 Å². The fraction of sp³-hybridized carbons (Fsp3) is 0.750. The number of allylic oxidation sites excluding steroid dienone is 2. The van der Waals surface area contributed by atoms with E-state index in [0.717, 1.165) is 12.8 Å². The summed E-state index contributed by atoms with van der Waals surface area (Å²) >= 11 is 0. The Balaban J connectivity index is 2.46. The predicted molar refractivity (Wildman–Crippen MR) is 77.0 cm³/mol. The van der Waals surface area contributed by atoms with E-state index in [2.05, 4.69) is 13.8 Å². The van der Waals surface area contributed by atoms with E-state index in [1.807, 2.05) is 12.2 Å². The zero-order valence-corrected chi connectivity index (χ0v) is 12.8. The summed E-state index contributed by atoms with van der Waals surface area (Å²) in [7, 11) is 0. The molecule has 1 aliphatic rings. The Labute approximate surface area is 121 Å². The lowest BCUT2D eigenvalue weighted by Gasteiger charge is -2.25. The molecule has 2 unspecified atom stereocenters. The number of carbonyl (C=O) groups is 2. The third-order valence-electron chi connectivity index (χ3n) is 3.49. The van der Waals surface area contributed by atoms with Crippen molar-refractivity contribution in [3.8, 4) is 0 Å². The van der Waals surface area contributed by atoms with E-state index >= 15 is 0 Å². The minimum Gasteiger partial charge on any atom is -0.466 e. The van der Waals surface area contributed by atoms with Gasteiger partial charge in [-0.05, 0) is 38.5 Å². The Morgan fingerprint density at radius 1 is 1.10 bits per heavy atom. The molecule has 0 aromatic rings. The molecule has 0 amide bonds. The molecule has 0 aliphatic heterocycles. The van der Waals surface area contributed by atoms with Gasteiger partial charge in [-0.1, -0.05) is 26.0 Å². The van der Waals surface area contributed by atoms with Crippen molar-refractivity contribution >= 4 is 11.9 Å². The molecule has 1 aliphatic carbocycles. The van der Waals surface area contributed by atoms with E-state index in [0.29, 0.717) is 32.0 Å². The monoisotopic (exact) mass is 282 g/mol. The number of rotatable bonds is 7. The highest BCUT2D eigenvalue weighted by molar-refractivity contribution is 5.82. The molecule has 0 N–H and O–H groups in total. The van der Waals surface area contributed by atoms with E-state index < -0.39 is 11.8 Å². The zero-order chi connectivity index (χ0) is 15.0. The van der Waals surface area contributed by atoms with Crippen LogP contribution in [0.2, 0.25) is 0 Å². The number of ether oxygens (including phenoxy) is 2. The van der Waals surface area contributed by atoms with Crippen LogP contribution in [0.3, 0.4) is 0 Å². The smallest absolute Gasteiger partial charge is 0.310 e. The highest BCUT2D eigenvalue weighted by Gasteiger charge is 2.36. The zero-order valence-electron chi connectivity index (χ0n) is 12.8. The summed E-state index contributed by atoms with van der Waals surface area (Å²) in [5, 5.41) is 0. The summed E-state index contributed by atoms with van der Waals surface area (Å²) in [6.45, 7) is 6.84. The van der Waals surface area contributed by atoms with Gasteiger partial charge in [-0.2, -0.15) is 0 Å². The first kappa shape index (κ1) is 16.7. The van der Waals surface area contributed by atoms with Gasteiger partial charge in [0.05, 0.1) is 25.0 Å².